The fraction of sp³-hybridized carbons (Fsp3) is 0.385. The van der Waals surface area contributed by atoms with Crippen molar-refractivity contribution < 1.29 is 0 Å². The zero-order chi connectivity index (χ0) is 13.5. The smallest absolute Gasteiger partial charge is 0.158 e. The highest BCUT2D eigenvalue weighted by molar-refractivity contribution is 9.10. The van der Waals surface area contributed by atoms with Gasteiger partial charge in [-0.1, -0.05) is 20.8 Å². The maximum atomic E-state index is 5.79. The quantitative estimate of drug-likeness (QED) is 0.823. The largest absolute Gasteiger partial charge is 0.398 e. The number of hydrogen-bond donors (Lipinski definition) is 1. The molecule has 0 atom stereocenters. The fourth-order valence-electron chi connectivity index (χ4n) is 1.62. The first kappa shape index (κ1) is 13.1. The molecule has 5 heteroatoms. The molecule has 1 aromatic heterocycles. The molecule has 1 heterocycles. The van der Waals surface area contributed by atoms with Crippen LogP contribution in [0.4, 0.5) is 5.69 Å². The number of benzene rings is 1. The lowest BCUT2D eigenvalue weighted by Crippen LogP contribution is -2.13. The Morgan fingerprint density at radius 2 is 1.94 bits per heavy atom. The minimum Gasteiger partial charge on any atom is -0.398 e. The van der Waals surface area contributed by atoms with Crippen molar-refractivity contribution >= 4 is 21.6 Å². The summed E-state index contributed by atoms with van der Waals surface area (Å²) in [5.74, 6) is 1.69. The van der Waals surface area contributed by atoms with Crippen molar-refractivity contribution in [1.29, 1.82) is 0 Å². The number of nitrogens with zero attached hydrogens (tertiary/aromatic N) is 3. The van der Waals surface area contributed by atoms with E-state index in [9.17, 15) is 0 Å². The van der Waals surface area contributed by atoms with Gasteiger partial charge in [0.2, 0.25) is 0 Å². The third kappa shape index (κ3) is 2.41. The van der Waals surface area contributed by atoms with Crippen LogP contribution in [0.3, 0.4) is 0 Å². The molecule has 0 amide bonds. The Morgan fingerprint density at radius 1 is 1.28 bits per heavy atom. The van der Waals surface area contributed by atoms with Crippen molar-refractivity contribution in [3.63, 3.8) is 0 Å². The predicted octanol–water partition coefficient (Wildman–Crippen LogP) is 3.12. The SMILES string of the molecule is Cn1nc(C(C)(C)C)nc1-c1ccc(N)c(Br)c1. The first-order valence-corrected chi connectivity index (χ1v) is 6.55. The summed E-state index contributed by atoms with van der Waals surface area (Å²) >= 11 is 3.43. The number of halogens is 1. The van der Waals surface area contributed by atoms with Crippen LogP contribution in [-0.2, 0) is 12.5 Å². The summed E-state index contributed by atoms with van der Waals surface area (Å²) in [6.07, 6.45) is 0. The Hall–Kier alpha value is -1.36. The van der Waals surface area contributed by atoms with Crippen molar-refractivity contribution in [2.45, 2.75) is 26.2 Å². The Kier molecular flexibility index (Phi) is 3.19. The van der Waals surface area contributed by atoms with Crippen LogP contribution in [0.15, 0.2) is 22.7 Å². The van der Waals surface area contributed by atoms with Crippen LogP contribution < -0.4 is 5.73 Å². The molecule has 0 bridgehead atoms. The number of hydrogen-bond acceptors (Lipinski definition) is 3. The van der Waals surface area contributed by atoms with Crippen LogP contribution in [0, 0.1) is 0 Å². The van der Waals surface area contributed by atoms with Gasteiger partial charge in [-0.15, -0.1) is 0 Å². The lowest BCUT2D eigenvalue weighted by Gasteiger charge is -2.12. The molecule has 0 spiro atoms. The van der Waals surface area contributed by atoms with Gasteiger partial charge in [0.25, 0.3) is 0 Å². The molecule has 2 aromatic rings. The number of nitrogen functional groups attached to an aromatic ring is 1. The summed E-state index contributed by atoms with van der Waals surface area (Å²) in [5, 5.41) is 4.47. The number of rotatable bonds is 1. The molecule has 0 radical (unpaired) electrons. The van der Waals surface area contributed by atoms with Gasteiger partial charge >= 0.3 is 0 Å². The molecule has 0 aliphatic carbocycles. The highest BCUT2D eigenvalue weighted by Gasteiger charge is 2.21. The molecule has 0 saturated carbocycles. The van der Waals surface area contributed by atoms with Crippen molar-refractivity contribution in [3.05, 3.63) is 28.5 Å². The number of aromatic nitrogens is 3. The van der Waals surface area contributed by atoms with E-state index in [2.05, 4.69) is 46.8 Å². The van der Waals surface area contributed by atoms with E-state index in [4.69, 9.17) is 5.73 Å². The standard InChI is InChI=1S/C13H17BrN4/c1-13(2,3)12-16-11(18(4)17-12)8-5-6-10(15)9(14)7-8/h5-7H,15H2,1-4H3. The Balaban J connectivity index is 2.51. The van der Waals surface area contributed by atoms with Crippen molar-refractivity contribution in [2.24, 2.45) is 7.05 Å². The molecule has 2 rings (SSSR count). The molecule has 96 valence electrons. The molecule has 2 N–H and O–H groups in total. The van der Waals surface area contributed by atoms with Gasteiger partial charge in [-0.3, -0.25) is 0 Å². The summed E-state index contributed by atoms with van der Waals surface area (Å²) in [4.78, 5) is 4.61. The molecule has 0 fully saturated rings. The van der Waals surface area contributed by atoms with Crippen LogP contribution in [-0.4, -0.2) is 14.8 Å². The van der Waals surface area contributed by atoms with Crippen LogP contribution >= 0.6 is 15.9 Å². The fourth-order valence-corrected chi connectivity index (χ4v) is 2.00. The van der Waals surface area contributed by atoms with Gasteiger partial charge < -0.3 is 5.73 Å². The average molecular weight is 309 g/mol. The maximum absolute atomic E-state index is 5.79. The van der Waals surface area contributed by atoms with Crippen molar-refractivity contribution in [1.82, 2.24) is 14.8 Å². The summed E-state index contributed by atoms with van der Waals surface area (Å²) in [5.41, 5.74) is 7.46. The first-order chi connectivity index (χ1) is 8.29. The number of aryl methyl sites for hydroxylation is 1. The third-order valence-electron chi connectivity index (χ3n) is 2.69. The van der Waals surface area contributed by atoms with Gasteiger partial charge in [0, 0.05) is 28.2 Å². The van der Waals surface area contributed by atoms with Gasteiger partial charge in [0.05, 0.1) is 0 Å². The van der Waals surface area contributed by atoms with Gasteiger partial charge in [0.1, 0.15) is 0 Å². The van der Waals surface area contributed by atoms with E-state index < -0.39 is 0 Å². The molecule has 0 saturated heterocycles. The average Bonchev–Trinajstić information content (AvgIpc) is 2.64. The second kappa shape index (κ2) is 4.39. The van der Waals surface area contributed by atoms with E-state index in [-0.39, 0.29) is 5.41 Å². The van der Waals surface area contributed by atoms with Crippen LogP contribution in [0.1, 0.15) is 26.6 Å². The first-order valence-electron chi connectivity index (χ1n) is 5.76. The minimum atomic E-state index is -0.0545. The van der Waals surface area contributed by atoms with E-state index in [1.165, 1.54) is 0 Å². The van der Waals surface area contributed by atoms with Crippen LogP contribution in [0.2, 0.25) is 0 Å². The van der Waals surface area contributed by atoms with Crippen LogP contribution in [0.5, 0.6) is 0 Å². The Morgan fingerprint density at radius 3 is 2.44 bits per heavy atom. The third-order valence-corrected chi connectivity index (χ3v) is 3.38. The number of anilines is 1. The highest BCUT2D eigenvalue weighted by atomic mass is 79.9. The summed E-state index contributed by atoms with van der Waals surface area (Å²) in [6, 6.07) is 5.78. The Bertz CT molecular complexity index is 581. The van der Waals surface area contributed by atoms with E-state index >= 15 is 0 Å². The highest BCUT2D eigenvalue weighted by Crippen LogP contribution is 2.28. The van der Waals surface area contributed by atoms with E-state index in [1.54, 1.807) is 4.68 Å². The molecule has 4 nitrogen and oxygen atoms in total. The second-order valence-corrected chi connectivity index (χ2v) is 6.22. The predicted molar refractivity (Wildman–Crippen MR) is 77.3 cm³/mol. The summed E-state index contributed by atoms with van der Waals surface area (Å²) in [7, 11) is 1.90. The zero-order valence-electron chi connectivity index (χ0n) is 11.0. The Labute approximate surface area is 115 Å². The summed E-state index contributed by atoms with van der Waals surface area (Å²) < 4.78 is 2.68. The summed E-state index contributed by atoms with van der Waals surface area (Å²) in [6.45, 7) is 6.31. The minimum absolute atomic E-state index is 0.0545. The van der Waals surface area contributed by atoms with Gasteiger partial charge in [-0.2, -0.15) is 5.10 Å². The second-order valence-electron chi connectivity index (χ2n) is 5.37. The normalized spacial score (nSPS) is 11.8. The van der Waals surface area contributed by atoms with E-state index in [1.807, 2.05) is 25.2 Å². The van der Waals surface area contributed by atoms with Gasteiger partial charge in [-0.25, -0.2) is 9.67 Å². The molecule has 0 unspecified atom stereocenters. The lowest BCUT2D eigenvalue weighted by atomic mass is 9.96. The topological polar surface area (TPSA) is 56.7 Å². The molecule has 1 aromatic carbocycles. The van der Waals surface area contributed by atoms with Crippen LogP contribution in [0.25, 0.3) is 11.4 Å². The molecular formula is C13H17BrN4. The molecule has 18 heavy (non-hydrogen) atoms. The van der Waals surface area contributed by atoms with Crippen molar-refractivity contribution in [2.75, 3.05) is 5.73 Å². The molecule has 0 aliphatic heterocycles. The van der Waals surface area contributed by atoms with Crippen molar-refractivity contribution in [3.8, 4) is 11.4 Å². The number of nitrogens with two attached hydrogens (primary N) is 1. The lowest BCUT2D eigenvalue weighted by molar-refractivity contribution is 0.538. The van der Waals surface area contributed by atoms with Gasteiger partial charge in [-0.05, 0) is 34.1 Å². The molecular weight excluding hydrogens is 292 g/mol. The molecule has 0 aliphatic rings. The maximum Gasteiger partial charge on any atom is 0.158 e. The van der Waals surface area contributed by atoms with E-state index in [0.717, 1.165) is 27.4 Å². The van der Waals surface area contributed by atoms with Gasteiger partial charge in [0.15, 0.2) is 11.6 Å². The monoisotopic (exact) mass is 308 g/mol. The van der Waals surface area contributed by atoms with E-state index in [0.29, 0.717) is 0 Å². The zero-order valence-corrected chi connectivity index (χ0v) is 12.6.